The van der Waals surface area contributed by atoms with Crippen LogP contribution in [0.2, 0.25) is 16.6 Å². The van der Waals surface area contributed by atoms with Gasteiger partial charge in [-0.3, -0.25) is 0 Å². The Hall–Kier alpha value is -2.26. The number of fused-ring (bicyclic) bond motifs is 1. The highest BCUT2D eigenvalue weighted by Crippen LogP contribution is 2.49. The Morgan fingerprint density at radius 2 is 1.53 bits per heavy atom. The fraction of sp³-hybridized carbons (Fsp3) is 0.407. The van der Waals surface area contributed by atoms with Crippen molar-refractivity contribution in [2.45, 2.75) is 64.1 Å². The molecule has 0 fully saturated rings. The summed E-state index contributed by atoms with van der Waals surface area (Å²) in [7, 11) is -0.112. The van der Waals surface area contributed by atoms with Gasteiger partial charge in [0.2, 0.25) is 0 Å². The van der Waals surface area contributed by atoms with E-state index in [-0.39, 0.29) is 5.92 Å². The lowest BCUT2D eigenvalue weighted by Gasteiger charge is -2.42. The van der Waals surface area contributed by atoms with Gasteiger partial charge in [-0.15, -0.1) is 0 Å². The highest BCUT2D eigenvalue weighted by atomic mass is 28.3. The summed E-state index contributed by atoms with van der Waals surface area (Å²) in [6.45, 7) is 18.8. The fourth-order valence-electron chi connectivity index (χ4n) is 5.36. The number of rotatable bonds is 6. The lowest BCUT2D eigenvalue weighted by molar-refractivity contribution is 0.389. The highest BCUT2D eigenvalue weighted by Gasteiger charge is 2.43. The summed E-state index contributed by atoms with van der Waals surface area (Å²) in [6, 6.07) is 16.8. The third kappa shape index (κ3) is 3.88. The predicted octanol–water partition coefficient (Wildman–Crippen LogP) is 7.88. The van der Waals surface area contributed by atoms with E-state index in [1.807, 2.05) is 12.1 Å². The SMILES string of the molecule is C=C1/C(=C/[Si](C(C)C)(C(C)C)C(C)C)Oc2cc(OC)ccc2C1c1ccccc1. The van der Waals surface area contributed by atoms with Gasteiger partial charge in [-0.1, -0.05) is 90.2 Å². The molecule has 30 heavy (non-hydrogen) atoms. The molecule has 0 N–H and O–H groups in total. The number of methoxy groups -OCH3 is 1. The van der Waals surface area contributed by atoms with Crippen molar-refractivity contribution in [1.29, 1.82) is 0 Å². The first-order chi connectivity index (χ1) is 14.2. The predicted molar refractivity (Wildman–Crippen MR) is 130 cm³/mol. The third-order valence-electron chi connectivity index (χ3n) is 6.93. The zero-order chi connectivity index (χ0) is 22.1. The van der Waals surface area contributed by atoms with E-state index in [1.54, 1.807) is 7.11 Å². The number of benzene rings is 2. The fourth-order valence-corrected chi connectivity index (χ4v) is 11.1. The minimum Gasteiger partial charge on any atom is -0.497 e. The zero-order valence-corrected chi connectivity index (χ0v) is 20.5. The van der Waals surface area contributed by atoms with Gasteiger partial charge in [0.25, 0.3) is 0 Å². The Bertz CT molecular complexity index is 903. The van der Waals surface area contributed by atoms with Crippen molar-refractivity contribution in [2.75, 3.05) is 7.11 Å². The maximum atomic E-state index is 6.56. The number of hydrogen-bond donors (Lipinski definition) is 0. The van der Waals surface area contributed by atoms with Crippen LogP contribution in [0.1, 0.15) is 58.6 Å². The monoisotopic (exact) mass is 420 g/mol. The molecule has 2 nitrogen and oxygen atoms in total. The number of ether oxygens (including phenoxy) is 2. The van der Waals surface area contributed by atoms with Crippen molar-refractivity contribution in [3.63, 3.8) is 0 Å². The maximum Gasteiger partial charge on any atom is 0.135 e. The highest BCUT2D eigenvalue weighted by molar-refractivity contribution is 6.88. The van der Waals surface area contributed by atoms with E-state index in [0.29, 0.717) is 16.6 Å². The van der Waals surface area contributed by atoms with Gasteiger partial charge in [0.05, 0.1) is 15.2 Å². The molecule has 0 saturated carbocycles. The Balaban J connectivity index is 2.22. The van der Waals surface area contributed by atoms with Crippen LogP contribution in [0, 0.1) is 0 Å². The molecule has 0 saturated heterocycles. The van der Waals surface area contributed by atoms with Crippen molar-refractivity contribution >= 4 is 8.07 Å². The first kappa shape index (κ1) is 22.4. The zero-order valence-electron chi connectivity index (χ0n) is 19.5. The van der Waals surface area contributed by atoms with Gasteiger partial charge in [-0.25, -0.2) is 0 Å². The molecule has 2 aromatic rings. The van der Waals surface area contributed by atoms with Gasteiger partial charge >= 0.3 is 0 Å². The van der Waals surface area contributed by atoms with Crippen molar-refractivity contribution < 1.29 is 9.47 Å². The van der Waals surface area contributed by atoms with Crippen LogP contribution in [-0.2, 0) is 0 Å². The second-order valence-corrected chi connectivity index (χ2v) is 15.1. The van der Waals surface area contributed by atoms with E-state index in [1.165, 1.54) is 5.56 Å². The van der Waals surface area contributed by atoms with Crippen LogP contribution < -0.4 is 9.47 Å². The average molecular weight is 421 g/mol. The molecule has 0 spiro atoms. The molecule has 2 aromatic carbocycles. The summed E-state index contributed by atoms with van der Waals surface area (Å²) in [5, 5.41) is 0. The van der Waals surface area contributed by atoms with Gasteiger partial charge < -0.3 is 9.47 Å². The summed E-state index contributed by atoms with van der Waals surface area (Å²) in [6.07, 6.45) is 0. The quantitative estimate of drug-likeness (QED) is 0.442. The van der Waals surface area contributed by atoms with Crippen molar-refractivity contribution in [3.8, 4) is 11.5 Å². The first-order valence-electron chi connectivity index (χ1n) is 11.0. The topological polar surface area (TPSA) is 18.5 Å². The van der Waals surface area contributed by atoms with Gasteiger partial charge in [0.1, 0.15) is 17.3 Å². The molecule has 1 atom stereocenters. The molecular formula is C27H36O2Si. The Morgan fingerprint density at radius 1 is 0.933 bits per heavy atom. The van der Waals surface area contributed by atoms with E-state index in [4.69, 9.17) is 9.47 Å². The Morgan fingerprint density at radius 3 is 2.07 bits per heavy atom. The van der Waals surface area contributed by atoms with E-state index < -0.39 is 8.07 Å². The molecule has 3 heteroatoms. The van der Waals surface area contributed by atoms with Crippen molar-refractivity contribution in [1.82, 2.24) is 0 Å². The molecule has 0 aliphatic carbocycles. The van der Waals surface area contributed by atoms with Crippen molar-refractivity contribution in [3.05, 3.63) is 83.3 Å². The molecule has 160 valence electrons. The van der Waals surface area contributed by atoms with Crippen LogP contribution >= 0.6 is 0 Å². The number of hydrogen-bond acceptors (Lipinski definition) is 2. The molecule has 0 radical (unpaired) electrons. The number of allylic oxidation sites excluding steroid dienone is 1. The van der Waals surface area contributed by atoms with Crippen LogP contribution in [0.4, 0.5) is 0 Å². The Kier molecular flexibility index (Phi) is 6.61. The van der Waals surface area contributed by atoms with E-state index >= 15 is 0 Å². The second-order valence-electron chi connectivity index (χ2n) is 9.35. The van der Waals surface area contributed by atoms with Gasteiger partial charge in [0.15, 0.2) is 0 Å². The van der Waals surface area contributed by atoms with Crippen LogP contribution in [-0.4, -0.2) is 15.2 Å². The van der Waals surface area contributed by atoms with Gasteiger partial charge in [0, 0.05) is 17.5 Å². The summed E-state index contributed by atoms with van der Waals surface area (Å²) in [5.74, 6) is 2.73. The molecular weight excluding hydrogens is 384 g/mol. The summed E-state index contributed by atoms with van der Waals surface area (Å²) in [4.78, 5) is 0. The summed E-state index contributed by atoms with van der Waals surface area (Å²) < 4.78 is 12.0. The summed E-state index contributed by atoms with van der Waals surface area (Å²) >= 11 is 0. The minimum absolute atomic E-state index is 0.0882. The molecule has 1 unspecified atom stereocenters. The standard InChI is InChI=1S/C27H36O2Si/c1-18(2)30(19(3)4,20(5)6)17-26-21(7)27(22-12-10-9-11-13-22)24-15-14-23(28-8)16-25(24)29-26/h9-20,27H,7H2,1-6,8H3/b26-17-. The van der Waals surface area contributed by atoms with E-state index in [2.05, 4.69) is 90.2 Å². The van der Waals surface area contributed by atoms with Gasteiger partial charge in [-0.05, 0) is 33.8 Å². The van der Waals surface area contributed by atoms with Crippen molar-refractivity contribution in [2.24, 2.45) is 0 Å². The van der Waals surface area contributed by atoms with Crippen LogP contribution in [0.3, 0.4) is 0 Å². The van der Waals surface area contributed by atoms with Gasteiger partial charge in [-0.2, -0.15) is 0 Å². The molecule has 0 aromatic heterocycles. The second kappa shape index (κ2) is 8.85. The first-order valence-corrected chi connectivity index (χ1v) is 13.4. The summed E-state index contributed by atoms with van der Waals surface area (Å²) in [5.41, 5.74) is 7.80. The lowest BCUT2D eigenvalue weighted by atomic mass is 9.82. The molecule has 0 amide bonds. The molecule has 1 heterocycles. The lowest BCUT2D eigenvalue weighted by Crippen LogP contribution is -2.43. The molecule has 3 rings (SSSR count). The van der Waals surface area contributed by atoms with Crippen LogP contribution in [0.15, 0.2) is 72.1 Å². The molecule has 1 aliphatic heterocycles. The smallest absolute Gasteiger partial charge is 0.135 e. The van der Waals surface area contributed by atoms with Crippen LogP contribution in [0.5, 0.6) is 11.5 Å². The normalized spacial score (nSPS) is 18.1. The Labute approximate surface area is 183 Å². The van der Waals surface area contributed by atoms with E-state index in [0.717, 1.165) is 28.4 Å². The molecule has 0 bridgehead atoms. The van der Waals surface area contributed by atoms with E-state index in [9.17, 15) is 0 Å². The maximum absolute atomic E-state index is 6.56. The molecule has 1 aliphatic rings. The average Bonchev–Trinajstić information content (AvgIpc) is 2.71. The van der Waals surface area contributed by atoms with Crippen LogP contribution in [0.25, 0.3) is 0 Å². The minimum atomic E-state index is -1.81. The third-order valence-corrected chi connectivity index (χ3v) is 13.7. The largest absolute Gasteiger partial charge is 0.497 e.